The van der Waals surface area contributed by atoms with Crippen LogP contribution in [0.15, 0.2) is 17.5 Å². The van der Waals surface area contributed by atoms with Crippen molar-refractivity contribution in [2.24, 2.45) is 10.7 Å². The molecule has 0 amide bonds. The number of H-pyrrole nitrogens is 1. The van der Waals surface area contributed by atoms with E-state index in [0.717, 1.165) is 10.4 Å². The molecule has 0 saturated carbocycles. The smallest absolute Gasteiger partial charge is 0.369 e. The summed E-state index contributed by atoms with van der Waals surface area (Å²) in [7, 11) is -3.02. The Kier molecular flexibility index (Phi) is 5.67. The predicted octanol–water partition coefficient (Wildman–Crippen LogP) is -0.0179. The van der Waals surface area contributed by atoms with E-state index in [9.17, 15) is 4.57 Å². The van der Waals surface area contributed by atoms with Crippen molar-refractivity contribution in [3.63, 3.8) is 0 Å². The number of nitrogens with zero attached hydrogens (tertiary/aromatic N) is 3. The molecule has 1 heterocycles. The number of nitrogens with one attached hydrogen (secondary N) is 1. The Morgan fingerprint density at radius 3 is 2.94 bits per heavy atom. The van der Waals surface area contributed by atoms with Crippen molar-refractivity contribution in [1.29, 1.82) is 0 Å². The first-order chi connectivity index (χ1) is 8.45. The normalized spacial score (nSPS) is 12.7. The van der Waals surface area contributed by atoms with Gasteiger partial charge < -0.3 is 20.5 Å². The van der Waals surface area contributed by atoms with Gasteiger partial charge in [-0.15, -0.1) is 0 Å². The van der Waals surface area contributed by atoms with Gasteiger partial charge in [-0.05, 0) is 0 Å². The van der Waals surface area contributed by atoms with Crippen LogP contribution in [0, 0.1) is 0 Å². The average molecular weight is 293 g/mol. The zero-order valence-corrected chi connectivity index (χ0v) is 11.6. The maximum Gasteiger partial charge on any atom is 0.432 e. The molecule has 0 aliphatic rings. The molecule has 0 spiro atoms. The van der Waals surface area contributed by atoms with Crippen molar-refractivity contribution >= 4 is 25.5 Å². The van der Waals surface area contributed by atoms with Crippen LogP contribution in [0.5, 0.6) is 0 Å². The SMILES string of the molecule is CN=C(N)N(CCSCc1cnc[nH]1)P(=O)(O)O. The molecule has 0 bridgehead atoms. The molecule has 8 nitrogen and oxygen atoms in total. The quantitative estimate of drug-likeness (QED) is 0.251. The zero-order chi connectivity index (χ0) is 13.6. The first-order valence-electron chi connectivity index (χ1n) is 5.06. The third-order valence-corrected chi connectivity index (χ3v) is 4.09. The van der Waals surface area contributed by atoms with Gasteiger partial charge in [-0.2, -0.15) is 11.8 Å². The van der Waals surface area contributed by atoms with E-state index >= 15 is 0 Å². The minimum atomic E-state index is -4.40. The standard InChI is InChI=1S/C8H16N5O3PS/c1-10-8(9)13(17(14,15)16)2-3-18-5-7-4-11-6-12-7/h4,6H,2-3,5H2,1H3,(H2,9,10)(H,11,12)(H2,14,15,16). The number of imidazole rings is 1. The van der Waals surface area contributed by atoms with E-state index in [1.807, 2.05) is 0 Å². The highest BCUT2D eigenvalue weighted by Gasteiger charge is 2.26. The number of aromatic amines is 1. The first kappa shape index (κ1) is 15.0. The maximum atomic E-state index is 11.2. The van der Waals surface area contributed by atoms with E-state index in [2.05, 4.69) is 15.0 Å². The summed E-state index contributed by atoms with van der Waals surface area (Å²) in [6, 6.07) is 0. The minimum absolute atomic E-state index is 0.131. The summed E-state index contributed by atoms with van der Waals surface area (Å²) in [4.78, 5) is 28.6. The van der Waals surface area contributed by atoms with E-state index in [1.54, 1.807) is 12.5 Å². The molecule has 0 aliphatic carbocycles. The lowest BCUT2D eigenvalue weighted by atomic mass is 10.6. The molecular weight excluding hydrogens is 277 g/mol. The summed E-state index contributed by atoms with van der Waals surface area (Å²) in [5, 5.41) is 0. The summed E-state index contributed by atoms with van der Waals surface area (Å²) in [5.74, 6) is 1.05. The van der Waals surface area contributed by atoms with Crippen LogP contribution in [0.25, 0.3) is 0 Å². The fourth-order valence-electron chi connectivity index (χ4n) is 1.19. The highest BCUT2D eigenvalue weighted by atomic mass is 32.2. The number of aromatic nitrogens is 2. The third-order valence-electron chi connectivity index (χ3n) is 2.07. The van der Waals surface area contributed by atoms with Crippen LogP contribution in [0.4, 0.5) is 0 Å². The molecule has 0 saturated heterocycles. The van der Waals surface area contributed by atoms with Gasteiger partial charge in [0.05, 0.1) is 6.33 Å². The van der Waals surface area contributed by atoms with Crippen LogP contribution in [0.1, 0.15) is 5.69 Å². The Hall–Kier alpha value is -1.02. The second kappa shape index (κ2) is 6.79. The average Bonchev–Trinajstić information content (AvgIpc) is 2.79. The Balaban J connectivity index is 2.41. The molecule has 5 N–H and O–H groups in total. The second-order valence-corrected chi connectivity index (χ2v) is 5.96. The Bertz CT molecular complexity index is 432. The van der Waals surface area contributed by atoms with Gasteiger partial charge in [0.15, 0.2) is 5.96 Å². The van der Waals surface area contributed by atoms with E-state index in [4.69, 9.17) is 15.5 Å². The van der Waals surface area contributed by atoms with Gasteiger partial charge in [0.1, 0.15) is 0 Å². The summed E-state index contributed by atoms with van der Waals surface area (Å²) in [6.45, 7) is 0.131. The highest BCUT2D eigenvalue weighted by Crippen LogP contribution is 2.39. The molecule has 0 unspecified atom stereocenters. The number of nitrogens with two attached hydrogens (primary N) is 1. The molecule has 10 heteroatoms. The van der Waals surface area contributed by atoms with Gasteiger partial charge in [-0.25, -0.2) is 14.2 Å². The zero-order valence-electron chi connectivity index (χ0n) is 9.85. The fraction of sp³-hybridized carbons (Fsp3) is 0.500. The number of hydrogen-bond donors (Lipinski definition) is 4. The van der Waals surface area contributed by atoms with Gasteiger partial charge in [-0.3, -0.25) is 4.99 Å². The predicted molar refractivity (Wildman–Crippen MR) is 71.0 cm³/mol. The molecule has 0 fully saturated rings. The number of rotatable bonds is 6. The largest absolute Gasteiger partial charge is 0.432 e. The monoisotopic (exact) mass is 293 g/mol. The number of thioether (sulfide) groups is 1. The molecule has 0 radical (unpaired) electrons. The summed E-state index contributed by atoms with van der Waals surface area (Å²) >= 11 is 1.52. The molecule has 1 aromatic rings. The maximum absolute atomic E-state index is 11.2. The number of guanidine groups is 1. The lowest BCUT2D eigenvalue weighted by Gasteiger charge is -2.23. The van der Waals surface area contributed by atoms with Crippen LogP contribution in [0.3, 0.4) is 0 Å². The molecule has 0 atom stereocenters. The second-order valence-electron chi connectivity index (χ2n) is 3.35. The molecule has 0 aliphatic heterocycles. The van der Waals surface area contributed by atoms with Crippen LogP contribution in [-0.4, -0.2) is 49.7 Å². The van der Waals surface area contributed by atoms with Gasteiger partial charge in [0.2, 0.25) is 0 Å². The van der Waals surface area contributed by atoms with Crippen LogP contribution >= 0.6 is 19.5 Å². The van der Waals surface area contributed by atoms with E-state index in [-0.39, 0.29) is 12.5 Å². The van der Waals surface area contributed by atoms with E-state index in [0.29, 0.717) is 11.5 Å². The molecule has 1 rings (SSSR count). The minimum Gasteiger partial charge on any atom is -0.369 e. The summed E-state index contributed by atoms with van der Waals surface area (Å²) < 4.78 is 12.0. The number of hydrogen-bond acceptors (Lipinski definition) is 4. The van der Waals surface area contributed by atoms with Crippen molar-refractivity contribution in [2.75, 3.05) is 19.3 Å². The molecule has 102 valence electrons. The van der Waals surface area contributed by atoms with Gasteiger partial charge >= 0.3 is 7.75 Å². The summed E-state index contributed by atoms with van der Waals surface area (Å²) in [6.07, 6.45) is 3.29. The topological polar surface area (TPSA) is 128 Å². The van der Waals surface area contributed by atoms with Crippen molar-refractivity contribution in [3.05, 3.63) is 18.2 Å². The van der Waals surface area contributed by atoms with Crippen LogP contribution in [-0.2, 0) is 10.3 Å². The fourth-order valence-corrected chi connectivity index (χ4v) is 2.88. The van der Waals surface area contributed by atoms with Crippen molar-refractivity contribution < 1.29 is 14.4 Å². The molecule has 1 aromatic heterocycles. The third kappa shape index (κ3) is 4.69. The molecular formula is C8H16N5O3PS. The van der Waals surface area contributed by atoms with Crippen molar-refractivity contribution in [3.8, 4) is 0 Å². The Labute approximate surface area is 109 Å². The van der Waals surface area contributed by atoms with E-state index < -0.39 is 7.75 Å². The first-order valence-corrected chi connectivity index (χ1v) is 7.78. The lowest BCUT2D eigenvalue weighted by Crippen LogP contribution is -2.36. The van der Waals surface area contributed by atoms with E-state index in [1.165, 1.54) is 18.8 Å². The van der Waals surface area contributed by atoms with Gasteiger partial charge in [0.25, 0.3) is 0 Å². The van der Waals surface area contributed by atoms with Crippen LogP contribution in [0.2, 0.25) is 0 Å². The molecule has 18 heavy (non-hydrogen) atoms. The van der Waals surface area contributed by atoms with Crippen molar-refractivity contribution in [1.82, 2.24) is 14.6 Å². The summed E-state index contributed by atoms with van der Waals surface area (Å²) in [5.41, 5.74) is 6.40. The van der Waals surface area contributed by atoms with Crippen molar-refractivity contribution in [2.45, 2.75) is 5.75 Å². The van der Waals surface area contributed by atoms with Gasteiger partial charge in [-0.1, -0.05) is 0 Å². The molecule has 0 aromatic carbocycles. The number of aliphatic imine (C=N–C) groups is 1. The van der Waals surface area contributed by atoms with Crippen LogP contribution < -0.4 is 5.73 Å². The Morgan fingerprint density at radius 2 is 2.44 bits per heavy atom. The Morgan fingerprint density at radius 1 is 1.72 bits per heavy atom. The highest BCUT2D eigenvalue weighted by molar-refractivity contribution is 7.98. The lowest BCUT2D eigenvalue weighted by molar-refractivity contribution is 0.319. The van der Waals surface area contributed by atoms with Gasteiger partial charge in [0, 0.05) is 37.0 Å².